The third-order valence-electron chi connectivity index (χ3n) is 8.01. The number of nitrogens with zero attached hydrogens (tertiary/aromatic N) is 2. The van der Waals surface area contributed by atoms with Gasteiger partial charge in [0.2, 0.25) is 15.9 Å². The van der Waals surface area contributed by atoms with Crippen LogP contribution in [0.3, 0.4) is 0 Å². The van der Waals surface area contributed by atoms with Gasteiger partial charge in [-0.2, -0.15) is 4.31 Å². The summed E-state index contributed by atoms with van der Waals surface area (Å²) in [5, 5.41) is 6.53. The summed E-state index contributed by atoms with van der Waals surface area (Å²) in [5.74, 6) is -2.53. The Morgan fingerprint density at radius 2 is 1.78 bits per heavy atom. The molecule has 0 aliphatic carbocycles. The number of amides is 1. The average molecular weight is 654 g/mol. The fourth-order valence-corrected chi connectivity index (χ4v) is 7.85. The van der Waals surface area contributed by atoms with E-state index >= 15 is 4.39 Å². The molecule has 5 rings (SSSR count). The van der Waals surface area contributed by atoms with Gasteiger partial charge in [0.05, 0.1) is 17.1 Å². The van der Waals surface area contributed by atoms with Gasteiger partial charge < -0.3 is 16.4 Å². The molecule has 1 saturated heterocycles. The molecule has 2 heterocycles. The highest BCUT2D eigenvalue weighted by atomic mass is 35.5. The van der Waals surface area contributed by atoms with Crippen LogP contribution >= 0.6 is 11.6 Å². The van der Waals surface area contributed by atoms with E-state index < -0.39 is 45.6 Å². The Morgan fingerprint density at radius 3 is 2.49 bits per heavy atom. The molecule has 8 nitrogen and oxygen atoms in total. The fraction of sp³-hybridized carbons (Fsp3) is 0.273. The van der Waals surface area contributed by atoms with E-state index in [-0.39, 0.29) is 28.6 Å². The van der Waals surface area contributed by atoms with Crippen molar-refractivity contribution in [3.8, 4) is 0 Å². The number of sulfonamides is 1. The lowest BCUT2D eigenvalue weighted by Crippen LogP contribution is -2.58. The molecular weight excluding hydrogens is 620 g/mol. The number of carbonyl (C=O) groups is 1. The Labute approximate surface area is 266 Å². The van der Waals surface area contributed by atoms with Crippen molar-refractivity contribution in [2.24, 2.45) is 5.73 Å². The van der Waals surface area contributed by atoms with Gasteiger partial charge in [0.1, 0.15) is 11.6 Å². The monoisotopic (exact) mass is 653 g/mol. The minimum absolute atomic E-state index is 0.145. The predicted molar refractivity (Wildman–Crippen MR) is 170 cm³/mol. The van der Waals surface area contributed by atoms with Crippen molar-refractivity contribution in [3.05, 3.63) is 125 Å². The van der Waals surface area contributed by atoms with Crippen molar-refractivity contribution < 1.29 is 22.0 Å². The summed E-state index contributed by atoms with van der Waals surface area (Å²) in [6.45, 7) is 2.71. The Hall–Kier alpha value is -3.74. The van der Waals surface area contributed by atoms with Gasteiger partial charge in [-0.25, -0.2) is 17.2 Å². The highest BCUT2D eigenvalue weighted by Gasteiger charge is 2.38. The van der Waals surface area contributed by atoms with E-state index in [0.29, 0.717) is 35.7 Å². The number of nitrogens with two attached hydrogens (primary N) is 1. The molecule has 1 fully saturated rings. The first-order valence-electron chi connectivity index (χ1n) is 14.6. The Kier molecular flexibility index (Phi) is 10.3. The number of anilines is 1. The smallest absolute Gasteiger partial charge is 0.243 e. The van der Waals surface area contributed by atoms with E-state index in [0.717, 1.165) is 6.20 Å². The lowest BCUT2D eigenvalue weighted by molar-refractivity contribution is -0.117. The number of aromatic nitrogens is 1. The van der Waals surface area contributed by atoms with Crippen molar-refractivity contribution in [2.45, 2.75) is 48.7 Å². The topological polar surface area (TPSA) is 117 Å². The van der Waals surface area contributed by atoms with E-state index in [1.54, 1.807) is 60.7 Å². The van der Waals surface area contributed by atoms with Crippen LogP contribution < -0.4 is 16.4 Å². The van der Waals surface area contributed by atoms with Gasteiger partial charge in [0, 0.05) is 53.6 Å². The maximum Gasteiger partial charge on any atom is 0.243 e. The largest absolute Gasteiger partial charge is 0.324 e. The molecule has 45 heavy (non-hydrogen) atoms. The number of rotatable bonds is 10. The molecule has 0 radical (unpaired) electrons. The summed E-state index contributed by atoms with van der Waals surface area (Å²) < 4.78 is 58.2. The number of pyridine rings is 1. The summed E-state index contributed by atoms with van der Waals surface area (Å²) in [5.41, 5.74) is 7.96. The normalized spacial score (nSPS) is 18.7. The van der Waals surface area contributed by atoms with Crippen LogP contribution in [-0.2, 0) is 21.2 Å². The standard InChI is InChI=1S/C33H34ClF2N5O3S/c1-21-17-38-20-26(41(21)45(43,44)27-6-3-2-4-7-27)14-15-28-29(36)8-5-9-30(28)40-33(42)32(37)31(22-10-12-24(34)13-11-22)23-16-25(35)19-39-18-23/h2-13,16,18-19,21,26,31-32,38H,14-15,17,20,37H2,1H3,(H,40,42)/t21-,26-,31-,32-/m0/s1. The number of halogens is 3. The molecule has 0 spiro atoms. The van der Waals surface area contributed by atoms with Gasteiger partial charge in [-0.1, -0.05) is 48.0 Å². The minimum atomic E-state index is -3.81. The van der Waals surface area contributed by atoms with Gasteiger partial charge >= 0.3 is 0 Å². The van der Waals surface area contributed by atoms with E-state index in [1.807, 2.05) is 6.92 Å². The Bertz CT molecular complexity index is 1750. The molecule has 3 aromatic carbocycles. The molecule has 1 aliphatic rings. The average Bonchev–Trinajstić information content (AvgIpc) is 3.02. The zero-order chi connectivity index (χ0) is 32.1. The van der Waals surface area contributed by atoms with Gasteiger partial charge in [0.15, 0.2) is 0 Å². The van der Waals surface area contributed by atoms with Gasteiger partial charge in [0.25, 0.3) is 0 Å². The van der Waals surface area contributed by atoms with Crippen LogP contribution in [0.2, 0.25) is 5.02 Å². The molecule has 4 atom stereocenters. The van der Waals surface area contributed by atoms with Gasteiger partial charge in [-0.15, -0.1) is 0 Å². The number of hydrogen-bond acceptors (Lipinski definition) is 6. The Balaban J connectivity index is 1.38. The summed E-state index contributed by atoms with van der Waals surface area (Å²) in [6, 6.07) is 18.5. The van der Waals surface area contributed by atoms with Crippen LogP contribution in [0.5, 0.6) is 0 Å². The molecule has 1 aliphatic heterocycles. The molecule has 4 aromatic rings. The first-order valence-corrected chi connectivity index (χ1v) is 16.4. The van der Waals surface area contributed by atoms with E-state index in [2.05, 4.69) is 15.6 Å². The van der Waals surface area contributed by atoms with Crippen molar-refractivity contribution >= 4 is 33.2 Å². The molecule has 0 unspecified atom stereocenters. The highest BCUT2D eigenvalue weighted by molar-refractivity contribution is 7.89. The lowest BCUT2D eigenvalue weighted by Gasteiger charge is -2.40. The van der Waals surface area contributed by atoms with Crippen LogP contribution in [0.25, 0.3) is 0 Å². The van der Waals surface area contributed by atoms with E-state index in [1.165, 1.54) is 28.7 Å². The maximum absolute atomic E-state index is 15.3. The lowest BCUT2D eigenvalue weighted by atomic mass is 9.85. The van der Waals surface area contributed by atoms with E-state index in [9.17, 15) is 17.6 Å². The van der Waals surface area contributed by atoms with Crippen LogP contribution in [0.4, 0.5) is 14.5 Å². The van der Waals surface area contributed by atoms with Crippen LogP contribution in [0, 0.1) is 11.6 Å². The van der Waals surface area contributed by atoms with Crippen LogP contribution in [-0.4, -0.2) is 54.8 Å². The first kappa shape index (κ1) is 32.6. The summed E-state index contributed by atoms with van der Waals surface area (Å²) in [6.07, 6.45) is 2.94. The number of hydrogen-bond donors (Lipinski definition) is 3. The zero-order valence-electron chi connectivity index (χ0n) is 24.5. The maximum atomic E-state index is 15.3. The second-order valence-corrected chi connectivity index (χ2v) is 13.4. The van der Waals surface area contributed by atoms with Crippen molar-refractivity contribution in [1.29, 1.82) is 0 Å². The third-order valence-corrected chi connectivity index (χ3v) is 10.3. The second-order valence-electron chi connectivity index (χ2n) is 11.1. The molecule has 0 saturated carbocycles. The fourth-order valence-electron chi connectivity index (χ4n) is 5.86. The predicted octanol–water partition coefficient (Wildman–Crippen LogP) is 5.09. The molecule has 0 bridgehead atoms. The van der Waals surface area contributed by atoms with Gasteiger partial charge in [-0.05, 0) is 73.4 Å². The summed E-state index contributed by atoms with van der Waals surface area (Å²) in [4.78, 5) is 17.7. The molecule has 4 N–H and O–H groups in total. The quantitative estimate of drug-likeness (QED) is 0.219. The van der Waals surface area contributed by atoms with Gasteiger partial charge in [-0.3, -0.25) is 9.78 Å². The summed E-state index contributed by atoms with van der Waals surface area (Å²) in [7, 11) is -3.81. The first-order chi connectivity index (χ1) is 21.6. The molecule has 1 aromatic heterocycles. The highest BCUT2D eigenvalue weighted by Crippen LogP contribution is 2.31. The minimum Gasteiger partial charge on any atom is -0.324 e. The number of benzene rings is 3. The number of nitrogens with one attached hydrogen (secondary N) is 2. The van der Waals surface area contributed by atoms with Crippen molar-refractivity contribution in [1.82, 2.24) is 14.6 Å². The van der Waals surface area contributed by atoms with Crippen molar-refractivity contribution in [2.75, 3.05) is 18.4 Å². The van der Waals surface area contributed by atoms with Crippen LogP contribution in [0.1, 0.15) is 36.0 Å². The molecule has 236 valence electrons. The molecular formula is C33H34ClF2N5O3S. The van der Waals surface area contributed by atoms with E-state index in [4.69, 9.17) is 17.3 Å². The second kappa shape index (κ2) is 14.1. The third kappa shape index (κ3) is 7.40. The van der Waals surface area contributed by atoms with Crippen LogP contribution in [0.15, 0.2) is 96.2 Å². The summed E-state index contributed by atoms with van der Waals surface area (Å²) >= 11 is 6.07. The molecule has 1 amide bonds. The Morgan fingerprint density at radius 1 is 1.04 bits per heavy atom. The number of piperazine rings is 1. The number of carbonyl (C=O) groups excluding carboxylic acids is 1. The molecule has 12 heteroatoms. The zero-order valence-corrected chi connectivity index (χ0v) is 26.1. The van der Waals surface area contributed by atoms with Crippen molar-refractivity contribution in [3.63, 3.8) is 0 Å². The SMILES string of the molecule is C[C@H]1CNC[C@H](CCc2c(F)cccc2NC(=O)[C@@H](N)[C@@H](c2ccc(Cl)cc2)c2cncc(F)c2)N1S(=O)(=O)c1ccccc1.